The van der Waals surface area contributed by atoms with E-state index in [1.54, 1.807) is 0 Å². The lowest BCUT2D eigenvalue weighted by Crippen LogP contribution is -2.44. The van der Waals surface area contributed by atoms with E-state index in [9.17, 15) is 9.90 Å². The first-order chi connectivity index (χ1) is 10.7. The second kappa shape index (κ2) is 8.56. The van der Waals surface area contributed by atoms with E-state index < -0.39 is 6.10 Å². The van der Waals surface area contributed by atoms with Crippen molar-refractivity contribution in [3.63, 3.8) is 0 Å². The molecule has 2 atom stereocenters. The molecular formula is C17H22N2O2S. The minimum atomic E-state index is -0.661. The summed E-state index contributed by atoms with van der Waals surface area (Å²) in [6, 6.07) is 11.8. The molecule has 0 fully saturated rings. The first-order valence-electron chi connectivity index (χ1n) is 7.47. The van der Waals surface area contributed by atoms with Crippen LogP contribution in [0.2, 0.25) is 0 Å². The van der Waals surface area contributed by atoms with Gasteiger partial charge in [0, 0.05) is 12.6 Å². The van der Waals surface area contributed by atoms with Crippen molar-refractivity contribution in [2.45, 2.75) is 31.9 Å². The predicted octanol–water partition coefficient (Wildman–Crippen LogP) is 3.10. The van der Waals surface area contributed by atoms with Crippen LogP contribution in [0.15, 0.2) is 47.2 Å². The highest BCUT2D eigenvalue weighted by Crippen LogP contribution is 2.15. The van der Waals surface area contributed by atoms with Crippen LogP contribution in [-0.4, -0.2) is 23.7 Å². The van der Waals surface area contributed by atoms with Gasteiger partial charge in [-0.1, -0.05) is 37.3 Å². The molecular weight excluding hydrogens is 296 g/mol. The van der Waals surface area contributed by atoms with Gasteiger partial charge in [-0.15, -0.1) is 0 Å². The lowest BCUT2D eigenvalue weighted by atomic mass is 10.0. The lowest BCUT2D eigenvalue weighted by molar-refractivity contribution is 0.173. The predicted molar refractivity (Wildman–Crippen MR) is 90.0 cm³/mol. The molecule has 0 radical (unpaired) electrons. The fraction of sp³-hybridized carbons (Fsp3) is 0.353. The zero-order valence-electron chi connectivity index (χ0n) is 12.7. The number of nitrogens with one attached hydrogen (secondary N) is 2. The van der Waals surface area contributed by atoms with Crippen LogP contribution in [0, 0.1) is 0 Å². The maximum Gasteiger partial charge on any atom is 0.315 e. The van der Waals surface area contributed by atoms with E-state index in [4.69, 9.17) is 0 Å². The molecule has 3 N–H and O–H groups in total. The summed E-state index contributed by atoms with van der Waals surface area (Å²) in [5.41, 5.74) is 2.04. The number of thiophene rings is 1. The third-order valence-electron chi connectivity index (χ3n) is 3.54. The minimum Gasteiger partial charge on any atom is -0.387 e. The van der Waals surface area contributed by atoms with Crippen molar-refractivity contribution in [2.24, 2.45) is 0 Å². The number of aliphatic hydroxyl groups is 1. The molecule has 5 heteroatoms. The van der Waals surface area contributed by atoms with Gasteiger partial charge in [0.05, 0.1) is 6.10 Å². The Balaban J connectivity index is 1.77. The van der Waals surface area contributed by atoms with E-state index in [2.05, 4.69) is 22.8 Å². The maximum atomic E-state index is 11.9. The van der Waals surface area contributed by atoms with Gasteiger partial charge >= 0.3 is 6.03 Å². The first-order valence-corrected chi connectivity index (χ1v) is 8.41. The monoisotopic (exact) mass is 318 g/mol. The molecule has 0 spiro atoms. The molecule has 2 unspecified atom stereocenters. The molecule has 0 aliphatic heterocycles. The molecule has 2 amide bonds. The highest BCUT2D eigenvalue weighted by atomic mass is 32.1. The number of carbonyl (C=O) groups is 1. The molecule has 2 aromatic rings. The smallest absolute Gasteiger partial charge is 0.315 e. The molecule has 0 bridgehead atoms. The Bertz CT molecular complexity index is 557. The van der Waals surface area contributed by atoms with E-state index in [1.165, 1.54) is 16.9 Å². The van der Waals surface area contributed by atoms with Crippen LogP contribution in [0.1, 0.15) is 30.6 Å². The Hall–Kier alpha value is -1.85. The molecule has 4 nitrogen and oxygen atoms in total. The molecule has 1 aromatic carbocycles. The average Bonchev–Trinajstić information content (AvgIpc) is 3.07. The molecule has 0 aliphatic rings. The van der Waals surface area contributed by atoms with Crippen LogP contribution in [-0.2, 0) is 6.42 Å². The highest BCUT2D eigenvalue weighted by Gasteiger charge is 2.13. The van der Waals surface area contributed by atoms with E-state index in [-0.39, 0.29) is 18.6 Å². The second-order valence-corrected chi connectivity index (χ2v) is 6.00. The van der Waals surface area contributed by atoms with Gasteiger partial charge in [-0.2, -0.15) is 11.3 Å². The Morgan fingerprint density at radius 3 is 2.68 bits per heavy atom. The van der Waals surface area contributed by atoms with Gasteiger partial charge in [-0.3, -0.25) is 0 Å². The SMILES string of the molecule is CCC(Cc1ccccc1)NC(=O)NCC(O)c1ccsc1. The van der Waals surface area contributed by atoms with Crippen LogP contribution in [0.3, 0.4) is 0 Å². The minimum absolute atomic E-state index is 0.0840. The number of hydrogen-bond donors (Lipinski definition) is 3. The summed E-state index contributed by atoms with van der Waals surface area (Å²) in [5, 5.41) is 19.4. The number of urea groups is 1. The largest absolute Gasteiger partial charge is 0.387 e. The summed E-state index contributed by atoms with van der Waals surface area (Å²) in [7, 11) is 0. The number of carbonyl (C=O) groups excluding carboxylic acids is 1. The first kappa shape index (κ1) is 16.5. The summed E-state index contributed by atoms with van der Waals surface area (Å²) in [6.45, 7) is 2.26. The fourth-order valence-electron chi connectivity index (χ4n) is 2.20. The zero-order chi connectivity index (χ0) is 15.8. The molecule has 0 saturated heterocycles. The van der Waals surface area contributed by atoms with Crippen LogP contribution in [0.5, 0.6) is 0 Å². The van der Waals surface area contributed by atoms with Crippen LogP contribution < -0.4 is 10.6 Å². The topological polar surface area (TPSA) is 61.4 Å². The van der Waals surface area contributed by atoms with Crippen molar-refractivity contribution < 1.29 is 9.90 Å². The summed E-state index contributed by atoms with van der Waals surface area (Å²) >= 11 is 1.53. The van der Waals surface area contributed by atoms with Gasteiger partial charge in [-0.05, 0) is 40.8 Å². The third kappa shape index (κ3) is 5.16. The number of benzene rings is 1. The Kier molecular flexibility index (Phi) is 6.43. The van der Waals surface area contributed by atoms with Gasteiger partial charge in [0.15, 0.2) is 0 Å². The summed E-state index contributed by atoms with van der Waals surface area (Å²) in [4.78, 5) is 11.9. The Labute approximate surface area is 135 Å². The van der Waals surface area contributed by atoms with Crippen molar-refractivity contribution in [2.75, 3.05) is 6.54 Å². The summed E-state index contributed by atoms with van der Waals surface area (Å²) in [6.07, 6.45) is 0.999. The van der Waals surface area contributed by atoms with E-state index in [0.29, 0.717) is 0 Å². The standard InChI is InChI=1S/C17H22N2O2S/c1-2-15(10-13-6-4-3-5-7-13)19-17(21)18-11-16(20)14-8-9-22-12-14/h3-9,12,15-16,20H,2,10-11H2,1H3,(H2,18,19,21). The van der Waals surface area contributed by atoms with Gasteiger partial charge in [0.1, 0.15) is 0 Å². The van der Waals surface area contributed by atoms with Crippen LogP contribution in [0.25, 0.3) is 0 Å². The van der Waals surface area contributed by atoms with E-state index >= 15 is 0 Å². The molecule has 22 heavy (non-hydrogen) atoms. The Morgan fingerprint density at radius 1 is 1.27 bits per heavy atom. The fourth-order valence-corrected chi connectivity index (χ4v) is 2.91. The van der Waals surface area contributed by atoms with Crippen molar-refractivity contribution >= 4 is 17.4 Å². The molecule has 1 aromatic heterocycles. The van der Waals surface area contributed by atoms with Crippen molar-refractivity contribution in [1.82, 2.24) is 10.6 Å². The van der Waals surface area contributed by atoms with Crippen LogP contribution >= 0.6 is 11.3 Å². The number of aliphatic hydroxyl groups excluding tert-OH is 1. The Morgan fingerprint density at radius 2 is 2.05 bits per heavy atom. The van der Waals surface area contributed by atoms with Crippen molar-refractivity contribution in [3.8, 4) is 0 Å². The second-order valence-electron chi connectivity index (χ2n) is 5.22. The van der Waals surface area contributed by atoms with Gasteiger partial charge in [0.25, 0.3) is 0 Å². The van der Waals surface area contributed by atoms with E-state index in [1.807, 2.05) is 41.9 Å². The molecule has 0 saturated carbocycles. The quantitative estimate of drug-likeness (QED) is 0.734. The van der Waals surface area contributed by atoms with Gasteiger partial charge in [-0.25, -0.2) is 4.79 Å². The lowest BCUT2D eigenvalue weighted by Gasteiger charge is -2.18. The molecule has 2 rings (SSSR count). The van der Waals surface area contributed by atoms with Crippen molar-refractivity contribution in [3.05, 3.63) is 58.3 Å². The third-order valence-corrected chi connectivity index (χ3v) is 4.24. The van der Waals surface area contributed by atoms with Gasteiger partial charge < -0.3 is 15.7 Å². The highest BCUT2D eigenvalue weighted by molar-refractivity contribution is 7.07. The van der Waals surface area contributed by atoms with Crippen molar-refractivity contribution in [1.29, 1.82) is 0 Å². The molecule has 0 aliphatic carbocycles. The normalized spacial score (nSPS) is 13.4. The van der Waals surface area contributed by atoms with E-state index in [0.717, 1.165) is 18.4 Å². The zero-order valence-corrected chi connectivity index (χ0v) is 13.5. The van der Waals surface area contributed by atoms with Gasteiger partial charge in [0.2, 0.25) is 0 Å². The van der Waals surface area contributed by atoms with Crippen LogP contribution in [0.4, 0.5) is 4.79 Å². The average molecular weight is 318 g/mol. The maximum absolute atomic E-state index is 11.9. The summed E-state index contributed by atoms with van der Waals surface area (Å²) < 4.78 is 0. The number of amides is 2. The number of rotatable bonds is 7. The molecule has 1 heterocycles. The summed E-state index contributed by atoms with van der Waals surface area (Å²) in [5.74, 6) is 0. The molecule has 118 valence electrons. The number of hydrogen-bond acceptors (Lipinski definition) is 3.